The number of sulfonamides is 1. The molecule has 12 heteroatoms. The molecule has 1 aromatic carbocycles. The van der Waals surface area contributed by atoms with Crippen LogP contribution in [-0.4, -0.2) is 41.5 Å². The fourth-order valence-corrected chi connectivity index (χ4v) is 4.13. The van der Waals surface area contributed by atoms with Crippen molar-refractivity contribution in [2.75, 3.05) is 6.54 Å². The number of nitrogens with zero attached hydrogens (tertiary/aromatic N) is 3. The van der Waals surface area contributed by atoms with Gasteiger partial charge in [0.15, 0.2) is 0 Å². The Morgan fingerprint density at radius 2 is 1.96 bits per heavy atom. The third-order valence-electron chi connectivity index (χ3n) is 3.82. The van der Waals surface area contributed by atoms with E-state index in [-0.39, 0.29) is 31.0 Å². The van der Waals surface area contributed by atoms with Crippen LogP contribution in [0.3, 0.4) is 0 Å². The highest BCUT2D eigenvalue weighted by molar-refractivity contribution is 7.89. The predicted molar refractivity (Wildman–Crippen MR) is 85.0 cm³/mol. The fraction of sp³-hybridized carbons (Fsp3) is 0.267. The molecule has 1 aliphatic heterocycles. The zero-order valence-corrected chi connectivity index (χ0v) is 14.4. The van der Waals surface area contributed by atoms with Gasteiger partial charge in [-0.05, 0) is 24.1 Å². The molecular weight excluding hydrogens is 389 g/mol. The number of primary amides is 1. The van der Waals surface area contributed by atoms with E-state index >= 15 is 0 Å². The molecule has 0 aliphatic carbocycles. The second kappa shape index (κ2) is 6.78. The van der Waals surface area contributed by atoms with Crippen LogP contribution in [0.15, 0.2) is 35.4 Å². The number of halogens is 3. The van der Waals surface area contributed by atoms with Gasteiger partial charge < -0.3 is 10.5 Å². The number of rotatable bonds is 4. The number of carbonyl (C=O) groups excluding carboxylic acids is 1. The van der Waals surface area contributed by atoms with Crippen molar-refractivity contribution in [2.24, 2.45) is 5.73 Å². The Balaban J connectivity index is 1.96. The lowest BCUT2D eigenvalue weighted by atomic mass is 10.1. The van der Waals surface area contributed by atoms with Crippen molar-refractivity contribution in [3.05, 3.63) is 47.5 Å². The summed E-state index contributed by atoms with van der Waals surface area (Å²) in [5, 5.41) is 0. The summed E-state index contributed by atoms with van der Waals surface area (Å²) in [7, 11) is -4.31. The van der Waals surface area contributed by atoms with Gasteiger partial charge in [-0.2, -0.15) is 4.31 Å². The number of alkyl halides is 3. The highest BCUT2D eigenvalue weighted by Gasteiger charge is 2.36. The molecule has 0 unspecified atom stereocenters. The SMILES string of the molecule is NC(=O)c1ncc2c(n1)CN(S(=O)(=O)c1ccccc1OC(F)(F)F)CC2. The molecule has 1 aromatic heterocycles. The number of nitrogens with two attached hydrogens (primary N) is 1. The molecule has 2 N–H and O–H groups in total. The van der Waals surface area contributed by atoms with Gasteiger partial charge in [0, 0.05) is 12.7 Å². The standard InChI is InChI=1S/C15H13F3N4O4S/c16-15(17,18)26-11-3-1-2-4-12(11)27(24,25)22-6-5-9-7-20-14(13(19)23)21-10(9)8-22/h1-4,7H,5-6,8H2,(H2,19,23). The molecule has 0 radical (unpaired) electrons. The molecule has 8 nitrogen and oxygen atoms in total. The number of benzene rings is 1. The van der Waals surface area contributed by atoms with Gasteiger partial charge in [-0.25, -0.2) is 18.4 Å². The first-order valence-corrected chi connectivity index (χ1v) is 9.01. The Hall–Kier alpha value is -2.73. The average Bonchev–Trinajstić information content (AvgIpc) is 2.59. The Morgan fingerprint density at radius 3 is 2.63 bits per heavy atom. The van der Waals surface area contributed by atoms with Crippen molar-refractivity contribution in [3.8, 4) is 5.75 Å². The maximum absolute atomic E-state index is 12.9. The molecule has 0 saturated heterocycles. The van der Waals surface area contributed by atoms with Crippen molar-refractivity contribution < 1.29 is 31.1 Å². The summed E-state index contributed by atoms with van der Waals surface area (Å²) in [4.78, 5) is 18.3. The molecule has 0 saturated carbocycles. The normalized spacial score (nSPS) is 15.2. The lowest BCUT2D eigenvalue weighted by Crippen LogP contribution is -2.37. The number of para-hydroxylation sites is 1. The molecule has 1 amide bonds. The summed E-state index contributed by atoms with van der Waals surface area (Å²) in [5.74, 6) is -1.97. The second-order valence-electron chi connectivity index (χ2n) is 5.61. The van der Waals surface area contributed by atoms with E-state index in [9.17, 15) is 26.4 Å². The van der Waals surface area contributed by atoms with Crippen molar-refractivity contribution in [1.82, 2.24) is 14.3 Å². The van der Waals surface area contributed by atoms with Crippen LogP contribution in [0.5, 0.6) is 5.75 Å². The number of aromatic nitrogens is 2. The molecule has 2 heterocycles. The zero-order valence-electron chi connectivity index (χ0n) is 13.6. The molecule has 0 fully saturated rings. The summed E-state index contributed by atoms with van der Waals surface area (Å²) in [6.45, 7) is -0.226. The summed E-state index contributed by atoms with van der Waals surface area (Å²) in [5.41, 5.74) is 6.02. The van der Waals surface area contributed by atoms with Gasteiger partial charge in [-0.15, -0.1) is 13.2 Å². The number of carbonyl (C=O) groups is 1. The maximum Gasteiger partial charge on any atom is 0.573 e. The van der Waals surface area contributed by atoms with E-state index < -0.39 is 32.9 Å². The number of hydrogen-bond acceptors (Lipinski definition) is 6. The van der Waals surface area contributed by atoms with Gasteiger partial charge in [0.05, 0.1) is 12.2 Å². The Kier molecular flexibility index (Phi) is 4.78. The first-order chi connectivity index (χ1) is 12.6. The summed E-state index contributed by atoms with van der Waals surface area (Å²) in [6, 6.07) is 4.48. The van der Waals surface area contributed by atoms with Gasteiger partial charge in [0.1, 0.15) is 10.6 Å². The molecule has 1 aliphatic rings. The lowest BCUT2D eigenvalue weighted by Gasteiger charge is -2.28. The smallest absolute Gasteiger partial charge is 0.404 e. The van der Waals surface area contributed by atoms with Gasteiger partial charge in [0.2, 0.25) is 15.8 Å². The Bertz CT molecular complexity index is 995. The second-order valence-corrected chi connectivity index (χ2v) is 7.52. The van der Waals surface area contributed by atoms with Crippen LogP contribution >= 0.6 is 0 Å². The van der Waals surface area contributed by atoms with Gasteiger partial charge in [0.25, 0.3) is 5.91 Å². The van der Waals surface area contributed by atoms with E-state index in [1.807, 2.05) is 0 Å². The van der Waals surface area contributed by atoms with Gasteiger partial charge in [-0.3, -0.25) is 4.79 Å². The topological polar surface area (TPSA) is 115 Å². The van der Waals surface area contributed by atoms with Gasteiger partial charge in [-0.1, -0.05) is 12.1 Å². The van der Waals surface area contributed by atoms with Crippen LogP contribution in [-0.2, 0) is 23.0 Å². The molecule has 0 bridgehead atoms. The van der Waals surface area contributed by atoms with E-state index in [0.29, 0.717) is 5.56 Å². The predicted octanol–water partition coefficient (Wildman–Crippen LogP) is 1.22. The molecule has 2 aromatic rings. The maximum atomic E-state index is 12.9. The third kappa shape index (κ3) is 4.01. The van der Waals surface area contributed by atoms with Crippen LogP contribution in [0.4, 0.5) is 13.2 Å². The number of hydrogen-bond donors (Lipinski definition) is 1. The van der Waals surface area contributed by atoms with Crippen LogP contribution in [0.25, 0.3) is 0 Å². The van der Waals surface area contributed by atoms with E-state index in [1.165, 1.54) is 18.3 Å². The molecule has 3 rings (SSSR count). The highest BCUT2D eigenvalue weighted by atomic mass is 32.2. The molecule has 0 atom stereocenters. The van der Waals surface area contributed by atoms with Crippen LogP contribution < -0.4 is 10.5 Å². The van der Waals surface area contributed by atoms with Crippen molar-refractivity contribution in [3.63, 3.8) is 0 Å². The molecular formula is C15H13F3N4O4S. The van der Waals surface area contributed by atoms with E-state index in [1.54, 1.807) is 0 Å². The van der Waals surface area contributed by atoms with Gasteiger partial charge >= 0.3 is 6.36 Å². The molecule has 0 spiro atoms. The quantitative estimate of drug-likeness (QED) is 0.822. The molecule has 144 valence electrons. The fourth-order valence-electron chi connectivity index (χ4n) is 2.61. The third-order valence-corrected chi connectivity index (χ3v) is 5.71. The Labute approximate surface area is 151 Å². The lowest BCUT2D eigenvalue weighted by molar-refractivity contribution is -0.275. The van der Waals surface area contributed by atoms with E-state index in [2.05, 4.69) is 14.7 Å². The minimum Gasteiger partial charge on any atom is -0.404 e. The van der Waals surface area contributed by atoms with Crippen LogP contribution in [0.2, 0.25) is 0 Å². The van der Waals surface area contributed by atoms with E-state index in [0.717, 1.165) is 16.4 Å². The summed E-state index contributed by atoms with van der Waals surface area (Å²) in [6.07, 6.45) is -3.42. The Morgan fingerprint density at radius 1 is 1.26 bits per heavy atom. The van der Waals surface area contributed by atoms with Crippen LogP contribution in [0, 0.1) is 0 Å². The average molecular weight is 402 g/mol. The minimum absolute atomic E-state index is 0.00889. The van der Waals surface area contributed by atoms with Crippen molar-refractivity contribution >= 4 is 15.9 Å². The van der Waals surface area contributed by atoms with Crippen molar-refractivity contribution in [2.45, 2.75) is 24.2 Å². The minimum atomic E-state index is -5.04. The zero-order chi connectivity index (χ0) is 19.8. The van der Waals surface area contributed by atoms with Crippen molar-refractivity contribution in [1.29, 1.82) is 0 Å². The summed E-state index contributed by atoms with van der Waals surface area (Å²) < 4.78 is 68.3. The summed E-state index contributed by atoms with van der Waals surface area (Å²) >= 11 is 0. The highest BCUT2D eigenvalue weighted by Crippen LogP contribution is 2.32. The first kappa shape index (κ1) is 19.0. The first-order valence-electron chi connectivity index (χ1n) is 7.57. The van der Waals surface area contributed by atoms with Crippen LogP contribution in [0.1, 0.15) is 21.9 Å². The number of ether oxygens (including phenoxy) is 1. The largest absolute Gasteiger partial charge is 0.573 e. The number of fused-ring (bicyclic) bond motifs is 1. The monoisotopic (exact) mass is 402 g/mol. The number of amides is 1. The molecule has 27 heavy (non-hydrogen) atoms. The van der Waals surface area contributed by atoms with E-state index in [4.69, 9.17) is 5.73 Å².